The first-order valence-electron chi connectivity index (χ1n) is 8.77. The fourth-order valence-corrected chi connectivity index (χ4v) is 3.96. The average Bonchev–Trinajstić information content (AvgIpc) is 2.98. The average molecular weight is 392 g/mol. The Bertz CT molecular complexity index is 504. The molecular formula is C19H31N2OY+. The summed E-state index contributed by atoms with van der Waals surface area (Å²) in [7, 11) is 0. The molecule has 1 fully saturated rings. The maximum Gasteiger partial charge on any atom is 0.282 e. The fraction of sp³-hybridized carbons (Fsp3) is 0.632. The Morgan fingerprint density at radius 2 is 1.74 bits per heavy atom. The third kappa shape index (κ3) is 4.64. The Balaban J connectivity index is 0.00000264. The number of hydrogen-bond acceptors (Lipinski definition) is 1. The van der Waals surface area contributed by atoms with E-state index in [1.54, 1.807) is 0 Å². The van der Waals surface area contributed by atoms with Gasteiger partial charge in [-0.05, 0) is 38.3 Å². The molecule has 1 amide bonds. The molecule has 1 aliphatic heterocycles. The number of hydrogen-bond donors (Lipinski definition) is 1. The number of likely N-dealkylation sites (tertiary alicyclic amines) is 1. The number of nitrogens with zero attached hydrogens (tertiary/aromatic N) is 1. The molecule has 23 heavy (non-hydrogen) atoms. The number of benzene rings is 1. The van der Waals surface area contributed by atoms with Crippen LogP contribution in [0.15, 0.2) is 18.2 Å². The van der Waals surface area contributed by atoms with Gasteiger partial charge in [-0.1, -0.05) is 25.1 Å². The van der Waals surface area contributed by atoms with Crippen molar-refractivity contribution in [2.45, 2.75) is 59.4 Å². The van der Waals surface area contributed by atoms with Crippen molar-refractivity contribution in [2.75, 3.05) is 25.0 Å². The molecule has 1 aliphatic rings. The van der Waals surface area contributed by atoms with Crippen LogP contribution in [0.3, 0.4) is 0 Å². The van der Waals surface area contributed by atoms with Gasteiger partial charge in [0.05, 0.1) is 19.6 Å². The predicted octanol–water partition coefficient (Wildman–Crippen LogP) is 4.04. The third-order valence-corrected chi connectivity index (χ3v) is 5.34. The summed E-state index contributed by atoms with van der Waals surface area (Å²) in [5.41, 5.74) is 3.29. The molecule has 0 bridgehead atoms. The van der Waals surface area contributed by atoms with Crippen molar-refractivity contribution in [1.82, 2.24) is 0 Å². The minimum Gasteiger partial charge on any atom is -0.320 e. The number of quaternary nitrogens is 1. The van der Waals surface area contributed by atoms with Crippen molar-refractivity contribution in [1.29, 1.82) is 0 Å². The zero-order valence-corrected chi connectivity index (χ0v) is 18.0. The van der Waals surface area contributed by atoms with E-state index in [1.165, 1.54) is 12.8 Å². The largest absolute Gasteiger partial charge is 0.320 e. The summed E-state index contributed by atoms with van der Waals surface area (Å²) in [5.74, 6) is 0.211. The van der Waals surface area contributed by atoms with Crippen LogP contribution in [-0.2, 0) is 37.5 Å². The summed E-state index contributed by atoms with van der Waals surface area (Å²) >= 11 is 0. The smallest absolute Gasteiger partial charge is 0.282 e. The summed E-state index contributed by atoms with van der Waals surface area (Å²) in [6, 6.07) is 6.27. The number of anilines is 1. The van der Waals surface area contributed by atoms with Crippen molar-refractivity contribution in [2.24, 2.45) is 0 Å². The number of amides is 1. The quantitative estimate of drug-likeness (QED) is 0.728. The van der Waals surface area contributed by atoms with Gasteiger partial charge in [0, 0.05) is 57.7 Å². The Morgan fingerprint density at radius 3 is 2.22 bits per heavy atom. The van der Waals surface area contributed by atoms with Gasteiger partial charge in [0.15, 0.2) is 6.04 Å². The molecule has 2 rings (SSSR count). The second-order valence-corrected chi connectivity index (χ2v) is 6.75. The van der Waals surface area contributed by atoms with Gasteiger partial charge in [0.1, 0.15) is 0 Å². The predicted molar refractivity (Wildman–Crippen MR) is 93.0 cm³/mol. The van der Waals surface area contributed by atoms with Crippen molar-refractivity contribution in [3.63, 3.8) is 0 Å². The SMILES string of the molecule is CCCC(C(=O)Nc1c(C)cccc1C)[N+]1(CC)CCCC1.[Y]. The fourth-order valence-electron chi connectivity index (χ4n) is 3.96. The van der Waals surface area contributed by atoms with Gasteiger partial charge in [0.2, 0.25) is 0 Å². The van der Waals surface area contributed by atoms with Gasteiger partial charge < -0.3 is 9.80 Å². The van der Waals surface area contributed by atoms with Gasteiger partial charge in [-0.3, -0.25) is 4.79 Å². The molecule has 0 aromatic heterocycles. The second-order valence-electron chi connectivity index (χ2n) is 6.75. The molecule has 0 spiro atoms. The van der Waals surface area contributed by atoms with Gasteiger partial charge in [0.25, 0.3) is 5.91 Å². The van der Waals surface area contributed by atoms with E-state index in [1.807, 2.05) is 6.07 Å². The molecule has 0 aliphatic carbocycles. The van der Waals surface area contributed by atoms with E-state index in [0.29, 0.717) is 0 Å². The summed E-state index contributed by atoms with van der Waals surface area (Å²) in [5, 5.41) is 3.24. The molecule has 1 saturated heterocycles. The first-order valence-corrected chi connectivity index (χ1v) is 8.77. The standard InChI is InChI=1S/C19H30N2O.Y/c1-5-10-17(21(6-2)13-7-8-14-21)19(22)20-18-15(3)11-9-12-16(18)4;/h9,11-12,17H,5-8,10,13-14H2,1-4H3;/p+1. The van der Waals surface area contributed by atoms with Crippen LogP contribution in [-0.4, -0.2) is 36.1 Å². The number of likely N-dealkylation sites (N-methyl/N-ethyl adjacent to an activating group) is 1. The molecule has 1 atom stereocenters. The summed E-state index contributed by atoms with van der Waals surface area (Å²) in [4.78, 5) is 13.0. The van der Waals surface area contributed by atoms with E-state index in [2.05, 4.69) is 45.1 Å². The van der Waals surface area contributed by atoms with E-state index in [4.69, 9.17) is 0 Å². The summed E-state index contributed by atoms with van der Waals surface area (Å²) in [6.45, 7) is 11.9. The van der Waals surface area contributed by atoms with Crippen molar-refractivity contribution in [3.8, 4) is 0 Å². The molecule has 1 unspecified atom stereocenters. The van der Waals surface area contributed by atoms with Gasteiger partial charge in [-0.15, -0.1) is 0 Å². The number of rotatable bonds is 6. The first kappa shape index (κ1) is 20.8. The minimum atomic E-state index is 0. The zero-order chi connectivity index (χ0) is 16.2. The van der Waals surface area contributed by atoms with Crippen molar-refractivity contribution < 1.29 is 42.0 Å². The number of nitrogens with one attached hydrogen (secondary N) is 1. The number of carbonyl (C=O) groups excluding carboxylic acids is 1. The number of carbonyl (C=O) groups is 1. The van der Waals surface area contributed by atoms with Crippen LogP contribution < -0.4 is 5.32 Å². The van der Waals surface area contributed by atoms with Crippen LogP contribution in [0, 0.1) is 13.8 Å². The van der Waals surface area contributed by atoms with Crippen molar-refractivity contribution in [3.05, 3.63) is 29.3 Å². The van der Waals surface area contributed by atoms with Crippen LogP contribution >= 0.6 is 0 Å². The Hall–Kier alpha value is -0.246. The monoisotopic (exact) mass is 392 g/mol. The first-order chi connectivity index (χ1) is 10.5. The minimum absolute atomic E-state index is 0. The van der Waals surface area contributed by atoms with Gasteiger partial charge in [-0.2, -0.15) is 0 Å². The molecule has 1 aromatic rings. The maximum absolute atomic E-state index is 13.0. The molecule has 0 saturated carbocycles. The van der Waals surface area contributed by atoms with Crippen LogP contribution in [0.5, 0.6) is 0 Å². The Labute approximate surface area is 166 Å². The van der Waals surface area contributed by atoms with E-state index in [9.17, 15) is 4.79 Å². The van der Waals surface area contributed by atoms with Crippen LogP contribution in [0.4, 0.5) is 5.69 Å². The Kier molecular flexibility index (Phi) is 8.40. The van der Waals surface area contributed by atoms with Gasteiger partial charge >= 0.3 is 0 Å². The Morgan fingerprint density at radius 1 is 1.17 bits per heavy atom. The molecule has 125 valence electrons. The molecule has 1 heterocycles. The van der Waals surface area contributed by atoms with Crippen molar-refractivity contribution >= 4 is 11.6 Å². The summed E-state index contributed by atoms with van der Waals surface area (Å²) < 4.78 is 0.977. The second kappa shape index (κ2) is 9.29. The topological polar surface area (TPSA) is 29.1 Å². The molecule has 4 heteroatoms. The molecule has 1 aromatic carbocycles. The molecule has 1 radical (unpaired) electrons. The summed E-state index contributed by atoms with van der Waals surface area (Å²) in [6.07, 6.45) is 4.55. The van der Waals surface area contributed by atoms with Gasteiger partial charge in [-0.25, -0.2) is 0 Å². The maximum atomic E-state index is 13.0. The molecular weight excluding hydrogens is 361 g/mol. The van der Waals surface area contributed by atoms with Crippen LogP contribution in [0.1, 0.15) is 50.7 Å². The van der Waals surface area contributed by atoms with E-state index in [-0.39, 0.29) is 44.7 Å². The van der Waals surface area contributed by atoms with E-state index in [0.717, 1.165) is 53.8 Å². The van der Waals surface area contributed by atoms with Crippen LogP contribution in [0.25, 0.3) is 0 Å². The number of aryl methyl sites for hydroxylation is 2. The molecule has 1 N–H and O–H groups in total. The van der Waals surface area contributed by atoms with E-state index < -0.39 is 0 Å². The van der Waals surface area contributed by atoms with Crippen LogP contribution in [0.2, 0.25) is 0 Å². The number of para-hydroxylation sites is 1. The molecule has 3 nitrogen and oxygen atoms in total. The van der Waals surface area contributed by atoms with E-state index >= 15 is 0 Å². The third-order valence-electron chi connectivity index (χ3n) is 5.34. The normalized spacial score (nSPS) is 17.4. The zero-order valence-electron chi connectivity index (χ0n) is 15.2.